The molecule has 0 bridgehead atoms. The summed E-state index contributed by atoms with van der Waals surface area (Å²) >= 11 is 0. The van der Waals surface area contributed by atoms with E-state index in [1.165, 1.54) is 0 Å². The zero-order valence-corrected chi connectivity index (χ0v) is 14.1. The van der Waals surface area contributed by atoms with E-state index in [4.69, 9.17) is 5.11 Å². The molecule has 0 radical (unpaired) electrons. The third-order valence-corrected chi connectivity index (χ3v) is 7.08. The molecular weight excluding hydrogens is 290 g/mol. The van der Waals surface area contributed by atoms with Crippen LogP contribution in [0.3, 0.4) is 0 Å². The molecule has 7 heteroatoms. The number of aliphatic hydroxyl groups is 1. The van der Waals surface area contributed by atoms with Gasteiger partial charge in [0.05, 0.1) is 0 Å². The Kier molecular flexibility index (Phi) is 6.02. The lowest BCUT2D eigenvalue weighted by atomic mass is 10.00. The predicted molar refractivity (Wildman–Crippen MR) is 83.2 cm³/mol. The molecule has 2 fully saturated rings. The molecule has 6 nitrogen and oxygen atoms in total. The molecule has 0 spiro atoms. The van der Waals surface area contributed by atoms with Crippen molar-refractivity contribution in [3.63, 3.8) is 0 Å². The van der Waals surface area contributed by atoms with Crippen molar-refractivity contribution in [1.82, 2.24) is 13.5 Å². The van der Waals surface area contributed by atoms with Crippen LogP contribution in [0.1, 0.15) is 32.6 Å². The highest BCUT2D eigenvalue weighted by atomic mass is 32.2. The maximum absolute atomic E-state index is 12.7. The molecule has 0 amide bonds. The normalized spacial score (nSPS) is 24.8. The van der Waals surface area contributed by atoms with Gasteiger partial charge in [-0.25, -0.2) is 0 Å². The summed E-state index contributed by atoms with van der Waals surface area (Å²) in [6.45, 7) is 6.38. The molecule has 124 valence electrons. The van der Waals surface area contributed by atoms with Gasteiger partial charge in [-0.05, 0) is 51.2 Å². The van der Waals surface area contributed by atoms with E-state index in [0.717, 1.165) is 45.3 Å². The number of piperidine rings is 2. The van der Waals surface area contributed by atoms with Crippen molar-refractivity contribution in [2.75, 3.05) is 46.4 Å². The fraction of sp³-hybridized carbons (Fsp3) is 1.00. The molecular formula is C14H29N3O3S. The Morgan fingerprint density at radius 3 is 2.14 bits per heavy atom. The van der Waals surface area contributed by atoms with E-state index < -0.39 is 10.2 Å². The zero-order valence-electron chi connectivity index (χ0n) is 13.2. The quantitative estimate of drug-likeness (QED) is 0.794. The number of hydrogen-bond acceptors (Lipinski definition) is 4. The lowest BCUT2D eigenvalue weighted by Crippen LogP contribution is -2.52. The lowest BCUT2D eigenvalue weighted by molar-refractivity contribution is 0.153. The standard InChI is InChI=1S/C14H29N3O3S/c1-3-16-8-6-14(7-9-16)15(2)21(19,20)17-10-4-13(12-18)5-11-17/h13-14,18H,3-12H2,1-2H3. The third-order valence-electron chi connectivity index (χ3n) is 5.04. The van der Waals surface area contributed by atoms with Crippen molar-refractivity contribution in [1.29, 1.82) is 0 Å². The van der Waals surface area contributed by atoms with E-state index in [9.17, 15) is 8.42 Å². The fourth-order valence-electron chi connectivity index (χ4n) is 3.29. The van der Waals surface area contributed by atoms with Gasteiger partial charge in [-0.3, -0.25) is 0 Å². The SMILES string of the molecule is CCN1CCC(N(C)S(=O)(=O)N2CCC(CO)CC2)CC1. The minimum absolute atomic E-state index is 0.119. The molecule has 0 aromatic heterocycles. The summed E-state index contributed by atoms with van der Waals surface area (Å²) in [6.07, 6.45) is 3.35. The Hall–Kier alpha value is -0.210. The summed E-state index contributed by atoms with van der Waals surface area (Å²) < 4.78 is 28.6. The first kappa shape index (κ1) is 17.1. The summed E-state index contributed by atoms with van der Waals surface area (Å²) in [7, 11) is -1.63. The van der Waals surface area contributed by atoms with Gasteiger partial charge < -0.3 is 10.0 Å². The van der Waals surface area contributed by atoms with Gasteiger partial charge in [-0.2, -0.15) is 17.0 Å². The van der Waals surface area contributed by atoms with E-state index in [0.29, 0.717) is 13.1 Å². The van der Waals surface area contributed by atoms with Crippen LogP contribution < -0.4 is 0 Å². The molecule has 2 saturated heterocycles. The first-order valence-corrected chi connectivity index (χ1v) is 9.45. The summed E-state index contributed by atoms with van der Waals surface area (Å²) in [6, 6.07) is 0.119. The van der Waals surface area contributed by atoms with Crippen molar-refractivity contribution < 1.29 is 13.5 Å². The number of nitrogens with zero attached hydrogens (tertiary/aromatic N) is 3. The van der Waals surface area contributed by atoms with Crippen LogP contribution >= 0.6 is 0 Å². The summed E-state index contributed by atoms with van der Waals surface area (Å²) in [5.74, 6) is 0.259. The van der Waals surface area contributed by atoms with Crippen LogP contribution in [-0.2, 0) is 10.2 Å². The summed E-state index contributed by atoms with van der Waals surface area (Å²) in [5.41, 5.74) is 0. The van der Waals surface area contributed by atoms with E-state index in [-0.39, 0.29) is 18.6 Å². The number of hydrogen-bond donors (Lipinski definition) is 1. The third kappa shape index (κ3) is 3.96. The summed E-state index contributed by atoms with van der Waals surface area (Å²) in [4.78, 5) is 2.36. The molecule has 21 heavy (non-hydrogen) atoms. The van der Waals surface area contributed by atoms with Gasteiger partial charge in [0.1, 0.15) is 0 Å². The molecule has 0 unspecified atom stereocenters. The molecule has 0 atom stereocenters. The van der Waals surface area contributed by atoms with E-state index in [1.54, 1.807) is 15.7 Å². The minimum atomic E-state index is -3.35. The number of rotatable bonds is 5. The van der Waals surface area contributed by atoms with Crippen LogP contribution in [0.4, 0.5) is 0 Å². The highest BCUT2D eigenvalue weighted by Crippen LogP contribution is 2.24. The second-order valence-corrected chi connectivity index (χ2v) is 8.20. The van der Waals surface area contributed by atoms with Gasteiger partial charge in [0.2, 0.25) is 0 Å². The van der Waals surface area contributed by atoms with Crippen LogP contribution in [0.15, 0.2) is 0 Å². The molecule has 0 aliphatic carbocycles. The molecule has 2 aliphatic heterocycles. The first-order valence-electron chi connectivity index (χ1n) is 8.05. The van der Waals surface area contributed by atoms with E-state index >= 15 is 0 Å². The molecule has 2 heterocycles. The second-order valence-electron chi connectivity index (χ2n) is 6.21. The Bertz CT molecular complexity index is 413. The highest BCUT2D eigenvalue weighted by Gasteiger charge is 2.35. The monoisotopic (exact) mass is 319 g/mol. The molecule has 2 rings (SSSR count). The van der Waals surface area contributed by atoms with Crippen LogP contribution in [0.5, 0.6) is 0 Å². The first-order chi connectivity index (χ1) is 9.98. The zero-order chi connectivity index (χ0) is 15.5. The van der Waals surface area contributed by atoms with E-state index in [1.807, 2.05) is 0 Å². The molecule has 0 saturated carbocycles. The minimum Gasteiger partial charge on any atom is -0.396 e. The molecule has 1 N–H and O–H groups in total. The maximum Gasteiger partial charge on any atom is 0.281 e. The Labute approximate surface area is 128 Å². The average Bonchev–Trinajstić information content (AvgIpc) is 2.54. The van der Waals surface area contributed by atoms with E-state index in [2.05, 4.69) is 11.8 Å². The van der Waals surface area contributed by atoms with Gasteiger partial charge in [0.25, 0.3) is 10.2 Å². The second kappa shape index (κ2) is 7.37. The Balaban J connectivity index is 1.93. The van der Waals surface area contributed by atoms with Crippen molar-refractivity contribution in [3.8, 4) is 0 Å². The summed E-state index contributed by atoms with van der Waals surface area (Å²) in [5, 5.41) is 9.16. The molecule has 0 aromatic carbocycles. The smallest absolute Gasteiger partial charge is 0.281 e. The fourth-order valence-corrected chi connectivity index (χ4v) is 4.92. The van der Waals surface area contributed by atoms with Crippen molar-refractivity contribution >= 4 is 10.2 Å². The maximum atomic E-state index is 12.7. The van der Waals surface area contributed by atoms with Gasteiger partial charge in [-0.15, -0.1) is 0 Å². The highest BCUT2D eigenvalue weighted by molar-refractivity contribution is 7.86. The number of aliphatic hydroxyl groups excluding tert-OH is 1. The van der Waals surface area contributed by atoms with Gasteiger partial charge in [0, 0.05) is 32.8 Å². The van der Waals surface area contributed by atoms with Crippen LogP contribution in [0, 0.1) is 5.92 Å². The van der Waals surface area contributed by atoms with Crippen molar-refractivity contribution in [3.05, 3.63) is 0 Å². The Morgan fingerprint density at radius 1 is 1.10 bits per heavy atom. The number of likely N-dealkylation sites (tertiary alicyclic amines) is 1. The Morgan fingerprint density at radius 2 is 1.67 bits per heavy atom. The van der Waals surface area contributed by atoms with Gasteiger partial charge in [0.15, 0.2) is 0 Å². The van der Waals surface area contributed by atoms with Crippen LogP contribution in [0.2, 0.25) is 0 Å². The topological polar surface area (TPSA) is 64.1 Å². The molecule has 0 aromatic rings. The largest absolute Gasteiger partial charge is 0.396 e. The predicted octanol–water partition coefficient (Wildman–Crippen LogP) is 0.352. The van der Waals surface area contributed by atoms with Crippen molar-refractivity contribution in [2.24, 2.45) is 5.92 Å². The lowest BCUT2D eigenvalue weighted by Gasteiger charge is -2.39. The van der Waals surface area contributed by atoms with Crippen LogP contribution in [-0.4, -0.2) is 79.5 Å². The molecule has 2 aliphatic rings. The van der Waals surface area contributed by atoms with Gasteiger partial charge in [-0.1, -0.05) is 6.92 Å². The van der Waals surface area contributed by atoms with Crippen LogP contribution in [0.25, 0.3) is 0 Å². The van der Waals surface area contributed by atoms with Crippen molar-refractivity contribution in [2.45, 2.75) is 38.6 Å². The average molecular weight is 319 g/mol. The van der Waals surface area contributed by atoms with Gasteiger partial charge >= 0.3 is 0 Å².